The number of aromatic nitrogens is 5. The average molecular weight is 402 g/mol. The molecule has 3 aromatic rings. The van der Waals surface area contributed by atoms with Gasteiger partial charge in [-0.25, -0.2) is 15.0 Å². The van der Waals surface area contributed by atoms with E-state index in [-0.39, 0.29) is 29.9 Å². The number of pyridine rings is 1. The highest BCUT2D eigenvalue weighted by atomic mass is 19.4. The minimum absolute atomic E-state index is 0.118. The summed E-state index contributed by atoms with van der Waals surface area (Å²) in [6.07, 6.45) is -0.830. The number of halogens is 3. The van der Waals surface area contributed by atoms with Gasteiger partial charge >= 0.3 is 6.18 Å². The van der Waals surface area contributed by atoms with Crippen molar-refractivity contribution >= 4 is 11.2 Å². The predicted molar refractivity (Wildman–Crippen MR) is 97.4 cm³/mol. The van der Waals surface area contributed by atoms with Gasteiger partial charge in [-0.1, -0.05) is 6.92 Å². The van der Waals surface area contributed by atoms with Crippen LogP contribution in [0.15, 0.2) is 29.5 Å². The van der Waals surface area contributed by atoms with Gasteiger partial charge in [-0.3, -0.25) is 9.36 Å². The third-order valence-electron chi connectivity index (χ3n) is 5.22. The minimum atomic E-state index is -4.26. The first-order valence-electron chi connectivity index (χ1n) is 9.24. The molecule has 0 N–H and O–H groups in total. The number of hydrogen-bond donors (Lipinski definition) is 0. The fraction of sp³-hybridized carbons (Fsp3) is 0.421. The van der Waals surface area contributed by atoms with E-state index in [1.54, 1.807) is 4.57 Å². The molecule has 0 aliphatic heterocycles. The Bertz CT molecular complexity index is 1150. The first-order valence-corrected chi connectivity index (χ1v) is 9.24. The van der Waals surface area contributed by atoms with Gasteiger partial charge in [0.15, 0.2) is 11.2 Å². The van der Waals surface area contributed by atoms with Crippen molar-refractivity contribution < 1.29 is 13.2 Å². The van der Waals surface area contributed by atoms with Crippen LogP contribution in [-0.4, -0.2) is 30.3 Å². The van der Waals surface area contributed by atoms with Gasteiger partial charge in [0.05, 0.1) is 24.1 Å². The molecule has 0 unspecified atom stereocenters. The molecule has 1 aliphatic carbocycles. The molecule has 7 nitrogen and oxygen atoms in total. The number of imidazole rings is 1. The highest BCUT2D eigenvalue weighted by Crippen LogP contribution is 2.49. The Labute approximate surface area is 163 Å². The van der Waals surface area contributed by atoms with Crippen LogP contribution in [-0.2, 0) is 6.54 Å². The third-order valence-corrected chi connectivity index (χ3v) is 5.22. The largest absolute Gasteiger partial charge is 0.391 e. The molecule has 1 fully saturated rings. The zero-order valence-corrected chi connectivity index (χ0v) is 15.5. The summed E-state index contributed by atoms with van der Waals surface area (Å²) in [7, 11) is 0. The Morgan fingerprint density at radius 1 is 1.28 bits per heavy atom. The van der Waals surface area contributed by atoms with Crippen molar-refractivity contribution in [1.29, 1.82) is 5.26 Å². The zero-order valence-electron chi connectivity index (χ0n) is 15.5. The number of nitrogens with zero attached hydrogens (tertiary/aromatic N) is 6. The van der Waals surface area contributed by atoms with Crippen LogP contribution < -0.4 is 5.56 Å². The molecule has 0 aromatic carbocycles. The standard InChI is InChI=1S/C19H17F3N6O/c1-2-5-27-10-25-15-17(27)26-16(11-6-12(7-11)19(20,21)22)28(18(15)29)14-4-3-13(8-23)24-9-14/h3-4,9-12H,2,5-7H2,1H3/t11-,12+. The third kappa shape index (κ3) is 3.26. The summed E-state index contributed by atoms with van der Waals surface area (Å²) in [6, 6.07) is 4.88. The second-order valence-corrected chi connectivity index (χ2v) is 7.14. The molecule has 150 valence electrons. The van der Waals surface area contributed by atoms with Crippen LogP contribution in [0.25, 0.3) is 16.9 Å². The van der Waals surface area contributed by atoms with Gasteiger partial charge in [-0.2, -0.15) is 18.4 Å². The fourth-order valence-electron chi connectivity index (χ4n) is 3.62. The SMILES string of the molecule is CCCn1cnc2c(=O)n(-c3ccc(C#N)nc3)c([C@H]3C[C@@H](C(F)(F)F)C3)nc21. The molecule has 1 aliphatic rings. The maximum Gasteiger partial charge on any atom is 0.391 e. The summed E-state index contributed by atoms with van der Waals surface area (Å²) in [5.41, 5.74) is 0.588. The van der Waals surface area contributed by atoms with Gasteiger partial charge in [0.2, 0.25) is 0 Å². The number of nitriles is 1. The normalized spacial score (nSPS) is 19.1. The molecule has 0 bridgehead atoms. The van der Waals surface area contributed by atoms with E-state index >= 15 is 0 Å². The van der Waals surface area contributed by atoms with Gasteiger partial charge < -0.3 is 4.57 Å². The highest BCUT2D eigenvalue weighted by molar-refractivity contribution is 5.70. The molecule has 0 atom stereocenters. The number of hydrogen-bond acceptors (Lipinski definition) is 5. The van der Waals surface area contributed by atoms with Gasteiger partial charge in [0.25, 0.3) is 5.56 Å². The van der Waals surface area contributed by atoms with E-state index in [0.29, 0.717) is 17.9 Å². The van der Waals surface area contributed by atoms with Gasteiger partial charge in [-0.15, -0.1) is 0 Å². The first kappa shape index (κ1) is 19.1. The molecular weight excluding hydrogens is 385 g/mol. The number of alkyl halides is 3. The van der Waals surface area contributed by atoms with Crippen molar-refractivity contribution in [2.45, 2.75) is 44.8 Å². The lowest BCUT2D eigenvalue weighted by Crippen LogP contribution is -2.38. The Morgan fingerprint density at radius 2 is 2.03 bits per heavy atom. The van der Waals surface area contributed by atoms with Crippen LogP contribution in [0.1, 0.15) is 43.6 Å². The van der Waals surface area contributed by atoms with Crippen molar-refractivity contribution in [3.8, 4) is 11.8 Å². The van der Waals surface area contributed by atoms with E-state index in [4.69, 9.17) is 5.26 Å². The van der Waals surface area contributed by atoms with Gasteiger partial charge in [-0.05, 0) is 31.4 Å². The summed E-state index contributed by atoms with van der Waals surface area (Å²) >= 11 is 0. The summed E-state index contributed by atoms with van der Waals surface area (Å²) in [4.78, 5) is 25.9. The first-order chi connectivity index (χ1) is 13.8. The van der Waals surface area contributed by atoms with Crippen LogP contribution in [0, 0.1) is 17.2 Å². The Balaban J connectivity index is 1.87. The van der Waals surface area contributed by atoms with Crippen molar-refractivity contribution in [1.82, 2.24) is 24.1 Å². The Morgan fingerprint density at radius 3 is 2.62 bits per heavy atom. The lowest BCUT2D eigenvalue weighted by Gasteiger charge is -2.36. The molecular formula is C19H17F3N6O. The zero-order chi connectivity index (χ0) is 20.8. The summed E-state index contributed by atoms with van der Waals surface area (Å²) < 4.78 is 42.0. The monoisotopic (exact) mass is 402 g/mol. The molecule has 3 aromatic heterocycles. The van der Waals surface area contributed by atoms with Gasteiger partial charge in [0, 0.05) is 12.5 Å². The maximum absolute atomic E-state index is 13.2. The molecule has 0 saturated heterocycles. The van der Waals surface area contributed by atoms with Crippen molar-refractivity contribution in [2.75, 3.05) is 0 Å². The van der Waals surface area contributed by atoms with Crippen molar-refractivity contribution in [3.63, 3.8) is 0 Å². The Hall–Kier alpha value is -3.22. The molecule has 29 heavy (non-hydrogen) atoms. The number of rotatable bonds is 4. The van der Waals surface area contributed by atoms with Crippen molar-refractivity contribution in [2.24, 2.45) is 5.92 Å². The van der Waals surface area contributed by atoms with E-state index in [1.165, 1.54) is 29.2 Å². The minimum Gasteiger partial charge on any atom is -0.315 e. The smallest absolute Gasteiger partial charge is 0.315 e. The van der Waals surface area contributed by atoms with Crippen LogP contribution in [0.4, 0.5) is 13.2 Å². The van der Waals surface area contributed by atoms with Crippen LogP contribution in [0.2, 0.25) is 0 Å². The average Bonchev–Trinajstić information content (AvgIpc) is 3.03. The molecule has 0 amide bonds. The Kier molecular flexibility index (Phi) is 4.61. The highest BCUT2D eigenvalue weighted by Gasteiger charge is 2.49. The number of fused-ring (bicyclic) bond motifs is 1. The molecule has 0 spiro atoms. The molecule has 10 heteroatoms. The predicted octanol–water partition coefficient (Wildman–Crippen LogP) is 3.31. The molecule has 4 rings (SSSR count). The summed E-state index contributed by atoms with van der Waals surface area (Å²) in [6.45, 7) is 2.57. The molecule has 0 radical (unpaired) electrons. The quantitative estimate of drug-likeness (QED) is 0.668. The topological polar surface area (TPSA) is 89.4 Å². The second-order valence-electron chi connectivity index (χ2n) is 7.14. The lowest BCUT2D eigenvalue weighted by molar-refractivity contribution is -0.198. The van der Waals surface area contributed by atoms with E-state index in [9.17, 15) is 18.0 Å². The summed E-state index contributed by atoms with van der Waals surface area (Å²) in [5.74, 6) is -1.63. The van der Waals surface area contributed by atoms with Gasteiger partial charge in [0.1, 0.15) is 17.6 Å². The van der Waals surface area contributed by atoms with E-state index in [2.05, 4.69) is 15.0 Å². The maximum atomic E-state index is 13.2. The van der Waals surface area contributed by atoms with E-state index in [0.717, 1.165) is 6.42 Å². The van der Waals surface area contributed by atoms with E-state index < -0.39 is 23.6 Å². The molecule has 1 saturated carbocycles. The van der Waals surface area contributed by atoms with Crippen molar-refractivity contribution in [3.05, 3.63) is 46.5 Å². The summed E-state index contributed by atoms with van der Waals surface area (Å²) in [5, 5.41) is 8.93. The fourth-order valence-corrected chi connectivity index (χ4v) is 3.62. The second kappa shape index (κ2) is 6.99. The van der Waals surface area contributed by atoms with E-state index in [1.807, 2.05) is 13.0 Å². The lowest BCUT2D eigenvalue weighted by atomic mass is 9.74. The van der Waals surface area contributed by atoms with Crippen LogP contribution in [0.3, 0.4) is 0 Å². The van der Waals surface area contributed by atoms with Crippen LogP contribution in [0.5, 0.6) is 0 Å². The molecule has 3 heterocycles. The number of aryl methyl sites for hydroxylation is 1. The van der Waals surface area contributed by atoms with Crippen LogP contribution >= 0.6 is 0 Å².